The van der Waals surface area contributed by atoms with Gasteiger partial charge in [0.1, 0.15) is 5.82 Å². The second-order valence-corrected chi connectivity index (χ2v) is 4.53. The summed E-state index contributed by atoms with van der Waals surface area (Å²) < 4.78 is 5.14. The number of rotatable bonds is 4. The minimum Gasteiger partial charge on any atom is -0.459 e. The smallest absolute Gasteiger partial charge is 0.287 e. The number of carbonyl (C=O) groups is 1. The summed E-state index contributed by atoms with van der Waals surface area (Å²) in [6.45, 7) is 2.29. The SMILES string of the molecule is Cc1ccoc1C(=O)NCc1ccnc(N(C)C)c1. The first-order valence-electron chi connectivity index (χ1n) is 6.02. The van der Waals surface area contributed by atoms with Crippen molar-refractivity contribution in [3.8, 4) is 0 Å². The lowest BCUT2D eigenvalue weighted by molar-refractivity contribution is 0.0922. The molecule has 0 saturated carbocycles. The molecular weight excluding hydrogens is 242 g/mol. The highest BCUT2D eigenvalue weighted by Crippen LogP contribution is 2.11. The van der Waals surface area contributed by atoms with Crippen molar-refractivity contribution in [2.75, 3.05) is 19.0 Å². The Morgan fingerprint density at radius 3 is 2.84 bits per heavy atom. The molecule has 2 heterocycles. The highest BCUT2D eigenvalue weighted by molar-refractivity contribution is 5.92. The van der Waals surface area contributed by atoms with Gasteiger partial charge < -0.3 is 14.6 Å². The third kappa shape index (κ3) is 3.13. The lowest BCUT2D eigenvalue weighted by Gasteiger charge is -2.12. The third-order valence-electron chi connectivity index (χ3n) is 2.79. The molecule has 2 aromatic rings. The van der Waals surface area contributed by atoms with Crippen molar-refractivity contribution < 1.29 is 9.21 Å². The fourth-order valence-electron chi connectivity index (χ4n) is 1.68. The van der Waals surface area contributed by atoms with Gasteiger partial charge in [0.25, 0.3) is 5.91 Å². The summed E-state index contributed by atoms with van der Waals surface area (Å²) in [5, 5.41) is 2.83. The van der Waals surface area contributed by atoms with Gasteiger partial charge in [0.05, 0.1) is 6.26 Å². The van der Waals surface area contributed by atoms with Crippen LogP contribution in [-0.2, 0) is 6.54 Å². The van der Waals surface area contributed by atoms with Crippen molar-refractivity contribution in [1.29, 1.82) is 0 Å². The topological polar surface area (TPSA) is 58.4 Å². The van der Waals surface area contributed by atoms with Crippen LogP contribution < -0.4 is 10.2 Å². The third-order valence-corrected chi connectivity index (χ3v) is 2.79. The number of aromatic nitrogens is 1. The van der Waals surface area contributed by atoms with Crippen LogP contribution in [0.4, 0.5) is 5.82 Å². The van der Waals surface area contributed by atoms with Crippen LogP contribution in [0.15, 0.2) is 35.1 Å². The zero-order valence-corrected chi connectivity index (χ0v) is 11.3. The molecule has 0 aromatic carbocycles. The van der Waals surface area contributed by atoms with Gasteiger partial charge in [0.2, 0.25) is 0 Å². The van der Waals surface area contributed by atoms with Gasteiger partial charge in [-0.05, 0) is 30.7 Å². The van der Waals surface area contributed by atoms with Crippen molar-refractivity contribution in [3.63, 3.8) is 0 Å². The molecule has 100 valence electrons. The highest BCUT2D eigenvalue weighted by Gasteiger charge is 2.12. The zero-order chi connectivity index (χ0) is 13.8. The summed E-state index contributed by atoms with van der Waals surface area (Å²) in [5.74, 6) is 1.02. The minimum atomic E-state index is -0.203. The van der Waals surface area contributed by atoms with E-state index in [1.54, 1.807) is 12.3 Å². The van der Waals surface area contributed by atoms with E-state index in [1.165, 1.54) is 6.26 Å². The zero-order valence-electron chi connectivity index (χ0n) is 11.3. The van der Waals surface area contributed by atoms with E-state index >= 15 is 0 Å². The van der Waals surface area contributed by atoms with Crippen LogP contribution in [0, 0.1) is 6.92 Å². The van der Waals surface area contributed by atoms with Gasteiger partial charge in [-0.15, -0.1) is 0 Å². The molecule has 0 unspecified atom stereocenters. The lowest BCUT2D eigenvalue weighted by Crippen LogP contribution is -2.23. The summed E-state index contributed by atoms with van der Waals surface area (Å²) in [5.41, 5.74) is 1.83. The van der Waals surface area contributed by atoms with E-state index in [2.05, 4.69) is 10.3 Å². The average molecular weight is 259 g/mol. The number of amides is 1. The van der Waals surface area contributed by atoms with Crippen molar-refractivity contribution in [3.05, 3.63) is 47.5 Å². The molecule has 0 saturated heterocycles. The number of furan rings is 1. The minimum absolute atomic E-state index is 0.203. The Balaban J connectivity index is 2.01. The normalized spacial score (nSPS) is 10.3. The Labute approximate surface area is 112 Å². The van der Waals surface area contributed by atoms with Gasteiger partial charge in [-0.3, -0.25) is 4.79 Å². The number of pyridine rings is 1. The molecule has 0 fully saturated rings. The second-order valence-electron chi connectivity index (χ2n) is 4.53. The van der Waals surface area contributed by atoms with Crippen LogP contribution in [0.25, 0.3) is 0 Å². The van der Waals surface area contributed by atoms with Crippen LogP contribution in [0.2, 0.25) is 0 Å². The molecular formula is C14H17N3O2. The Morgan fingerprint density at radius 2 is 2.21 bits per heavy atom. The van der Waals surface area contributed by atoms with E-state index in [4.69, 9.17) is 4.42 Å². The molecule has 5 heteroatoms. The number of nitrogens with zero attached hydrogens (tertiary/aromatic N) is 2. The predicted octanol–water partition coefficient (Wildman–Crippen LogP) is 1.98. The molecule has 0 aliphatic carbocycles. The van der Waals surface area contributed by atoms with Gasteiger partial charge in [0.15, 0.2) is 5.76 Å². The predicted molar refractivity (Wildman–Crippen MR) is 73.2 cm³/mol. The second kappa shape index (κ2) is 5.56. The number of anilines is 1. The molecule has 2 rings (SSSR count). The molecule has 0 bridgehead atoms. The molecule has 0 aliphatic heterocycles. The molecule has 0 atom stereocenters. The summed E-state index contributed by atoms with van der Waals surface area (Å²) in [4.78, 5) is 18.0. The van der Waals surface area contributed by atoms with E-state index in [9.17, 15) is 4.79 Å². The van der Waals surface area contributed by atoms with Gasteiger partial charge in [-0.25, -0.2) is 4.98 Å². The van der Waals surface area contributed by atoms with Crippen LogP contribution in [0.1, 0.15) is 21.7 Å². The Kier molecular flexibility index (Phi) is 3.85. The highest BCUT2D eigenvalue weighted by atomic mass is 16.3. The van der Waals surface area contributed by atoms with Crippen molar-refractivity contribution in [2.24, 2.45) is 0 Å². The van der Waals surface area contributed by atoms with Gasteiger partial charge in [0, 0.05) is 32.4 Å². The summed E-state index contributed by atoms with van der Waals surface area (Å²) in [7, 11) is 3.85. The summed E-state index contributed by atoms with van der Waals surface area (Å²) >= 11 is 0. The first kappa shape index (κ1) is 13.1. The van der Waals surface area contributed by atoms with Crippen LogP contribution >= 0.6 is 0 Å². The maximum absolute atomic E-state index is 11.9. The maximum Gasteiger partial charge on any atom is 0.287 e. The Morgan fingerprint density at radius 1 is 1.42 bits per heavy atom. The fourth-order valence-corrected chi connectivity index (χ4v) is 1.68. The van der Waals surface area contributed by atoms with Crippen molar-refractivity contribution in [1.82, 2.24) is 10.3 Å². The van der Waals surface area contributed by atoms with Crippen LogP contribution in [0.3, 0.4) is 0 Å². The lowest BCUT2D eigenvalue weighted by atomic mass is 10.2. The Bertz CT molecular complexity index is 576. The number of aryl methyl sites for hydroxylation is 1. The van der Waals surface area contributed by atoms with E-state index in [0.29, 0.717) is 12.3 Å². The van der Waals surface area contributed by atoms with Gasteiger partial charge in [-0.1, -0.05) is 0 Å². The Hall–Kier alpha value is -2.30. The maximum atomic E-state index is 11.9. The molecule has 0 aliphatic rings. The van der Waals surface area contributed by atoms with E-state index in [1.807, 2.05) is 38.1 Å². The number of hydrogen-bond acceptors (Lipinski definition) is 4. The summed E-state index contributed by atoms with van der Waals surface area (Å²) in [6, 6.07) is 5.59. The van der Waals surface area contributed by atoms with Crippen LogP contribution in [-0.4, -0.2) is 25.0 Å². The van der Waals surface area contributed by atoms with Crippen molar-refractivity contribution in [2.45, 2.75) is 13.5 Å². The molecule has 19 heavy (non-hydrogen) atoms. The summed E-state index contributed by atoms with van der Waals surface area (Å²) in [6.07, 6.45) is 3.25. The van der Waals surface area contributed by atoms with Crippen LogP contribution in [0.5, 0.6) is 0 Å². The van der Waals surface area contributed by atoms with Gasteiger partial charge >= 0.3 is 0 Å². The standard InChI is InChI=1S/C14H17N3O2/c1-10-5-7-19-13(10)14(18)16-9-11-4-6-15-12(8-11)17(2)3/h4-8H,9H2,1-3H3,(H,16,18). The molecule has 1 amide bonds. The number of hydrogen-bond donors (Lipinski definition) is 1. The largest absolute Gasteiger partial charge is 0.459 e. The molecule has 5 nitrogen and oxygen atoms in total. The first-order valence-corrected chi connectivity index (χ1v) is 6.02. The van der Waals surface area contributed by atoms with E-state index in [-0.39, 0.29) is 5.91 Å². The monoisotopic (exact) mass is 259 g/mol. The van der Waals surface area contributed by atoms with Crippen molar-refractivity contribution >= 4 is 11.7 Å². The quantitative estimate of drug-likeness (QED) is 0.912. The molecule has 0 radical (unpaired) electrons. The van der Waals surface area contributed by atoms with E-state index < -0.39 is 0 Å². The first-order chi connectivity index (χ1) is 9.08. The fraction of sp³-hybridized carbons (Fsp3) is 0.286. The number of nitrogens with one attached hydrogen (secondary N) is 1. The molecule has 1 N–H and O–H groups in total. The number of carbonyl (C=O) groups excluding carboxylic acids is 1. The van der Waals surface area contributed by atoms with E-state index in [0.717, 1.165) is 16.9 Å². The molecule has 0 spiro atoms. The molecule has 2 aromatic heterocycles. The average Bonchev–Trinajstić information content (AvgIpc) is 2.82. The van der Waals surface area contributed by atoms with Gasteiger partial charge in [-0.2, -0.15) is 0 Å².